The van der Waals surface area contributed by atoms with Gasteiger partial charge in [0.25, 0.3) is 0 Å². The van der Waals surface area contributed by atoms with Crippen molar-refractivity contribution in [2.45, 2.75) is 13.3 Å². The molecule has 2 rings (SSSR count). The quantitative estimate of drug-likeness (QED) is 0.707. The molecule has 1 heterocycles. The molecular formula is C14H17N3O4. The van der Waals surface area contributed by atoms with Crippen LogP contribution in [-0.2, 0) is 6.42 Å². The van der Waals surface area contributed by atoms with Gasteiger partial charge in [0.05, 0.1) is 5.56 Å². The van der Waals surface area contributed by atoms with Gasteiger partial charge in [0.2, 0.25) is 5.89 Å². The van der Waals surface area contributed by atoms with Crippen molar-refractivity contribution in [2.75, 3.05) is 19.7 Å². The van der Waals surface area contributed by atoms with Crippen LogP contribution in [0.15, 0.2) is 28.8 Å². The largest absolute Gasteiger partial charge is 0.492 e. The number of hydrogen-bond donors (Lipinski definition) is 2. The molecular weight excluding hydrogens is 274 g/mol. The molecule has 7 heteroatoms. The van der Waals surface area contributed by atoms with E-state index in [1.165, 1.54) is 12.1 Å². The van der Waals surface area contributed by atoms with Crippen molar-refractivity contribution in [3.63, 3.8) is 0 Å². The highest BCUT2D eigenvalue weighted by molar-refractivity contribution is 5.87. The Hall–Kier alpha value is -2.41. The third-order valence-corrected chi connectivity index (χ3v) is 2.73. The van der Waals surface area contributed by atoms with Crippen molar-refractivity contribution in [3.05, 3.63) is 41.5 Å². The van der Waals surface area contributed by atoms with Gasteiger partial charge in [0.1, 0.15) is 12.4 Å². The number of carboxylic acid groups (broad SMARTS) is 1. The molecule has 0 bridgehead atoms. The van der Waals surface area contributed by atoms with E-state index in [4.69, 9.17) is 14.4 Å². The van der Waals surface area contributed by atoms with Crippen LogP contribution in [0.25, 0.3) is 0 Å². The molecule has 2 N–H and O–H groups in total. The predicted octanol–water partition coefficient (Wildman–Crippen LogP) is 1.29. The summed E-state index contributed by atoms with van der Waals surface area (Å²) in [6, 6.07) is 6.32. The van der Waals surface area contributed by atoms with E-state index in [1.807, 2.05) is 0 Å². The second kappa shape index (κ2) is 7.39. The smallest absolute Gasteiger partial charge is 0.335 e. The summed E-state index contributed by atoms with van der Waals surface area (Å²) < 4.78 is 10.5. The lowest BCUT2D eigenvalue weighted by atomic mass is 10.2. The van der Waals surface area contributed by atoms with Gasteiger partial charge in [-0.1, -0.05) is 5.16 Å². The van der Waals surface area contributed by atoms with E-state index >= 15 is 0 Å². The van der Waals surface area contributed by atoms with E-state index in [1.54, 1.807) is 19.1 Å². The van der Waals surface area contributed by atoms with Crippen LogP contribution in [0.4, 0.5) is 0 Å². The van der Waals surface area contributed by atoms with Gasteiger partial charge in [-0.25, -0.2) is 4.79 Å². The van der Waals surface area contributed by atoms with E-state index in [0.717, 1.165) is 6.54 Å². The average molecular weight is 291 g/mol. The van der Waals surface area contributed by atoms with E-state index in [9.17, 15) is 4.79 Å². The molecule has 21 heavy (non-hydrogen) atoms. The van der Waals surface area contributed by atoms with Crippen LogP contribution in [0.3, 0.4) is 0 Å². The number of rotatable bonds is 8. The monoisotopic (exact) mass is 291 g/mol. The van der Waals surface area contributed by atoms with Gasteiger partial charge in [-0.2, -0.15) is 4.98 Å². The molecule has 2 aromatic rings. The number of aromatic carboxylic acids is 1. The molecule has 0 fully saturated rings. The third-order valence-electron chi connectivity index (χ3n) is 2.73. The van der Waals surface area contributed by atoms with Crippen molar-refractivity contribution in [2.24, 2.45) is 0 Å². The lowest BCUT2D eigenvalue weighted by Crippen LogP contribution is -2.23. The summed E-state index contributed by atoms with van der Waals surface area (Å²) in [5, 5.41) is 15.7. The highest BCUT2D eigenvalue weighted by atomic mass is 16.5. The Labute approximate surface area is 121 Å². The number of hydrogen-bond acceptors (Lipinski definition) is 6. The number of benzene rings is 1. The first kappa shape index (κ1) is 15.0. The molecule has 0 saturated carbocycles. The van der Waals surface area contributed by atoms with Gasteiger partial charge >= 0.3 is 5.97 Å². The van der Waals surface area contributed by atoms with Crippen LogP contribution in [0.5, 0.6) is 5.75 Å². The van der Waals surface area contributed by atoms with Crippen molar-refractivity contribution < 1.29 is 19.2 Å². The number of nitrogens with one attached hydrogen (secondary N) is 1. The molecule has 0 amide bonds. The van der Waals surface area contributed by atoms with E-state index in [2.05, 4.69) is 15.5 Å². The fourth-order valence-corrected chi connectivity index (χ4v) is 1.70. The van der Waals surface area contributed by atoms with Gasteiger partial charge in [0.15, 0.2) is 5.82 Å². The third kappa shape index (κ3) is 4.88. The fourth-order valence-electron chi connectivity index (χ4n) is 1.70. The van der Waals surface area contributed by atoms with E-state index in [0.29, 0.717) is 37.0 Å². The Balaban J connectivity index is 1.60. The summed E-state index contributed by atoms with van der Waals surface area (Å²) in [5.74, 6) is 0.956. The zero-order valence-corrected chi connectivity index (χ0v) is 11.7. The minimum atomic E-state index is -0.945. The maximum absolute atomic E-state index is 10.7. The Kier molecular flexibility index (Phi) is 5.28. The molecule has 112 valence electrons. The summed E-state index contributed by atoms with van der Waals surface area (Å²) in [6.45, 7) is 3.68. The lowest BCUT2D eigenvalue weighted by Gasteiger charge is -2.07. The van der Waals surface area contributed by atoms with Gasteiger partial charge in [-0.15, -0.1) is 0 Å². The van der Waals surface area contributed by atoms with Crippen LogP contribution < -0.4 is 10.1 Å². The van der Waals surface area contributed by atoms with Gasteiger partial charge in [0, 0.05) is 19.5 Å². The minimum absolute atomic E-state index is 0.246. The van der Waals surface area contributed by atoms with Crippen LogP contribution >= 0.6 is 0 Å². The Morgan fingerprint density at radius 3 is 2.71 bits per heavy atom. The first-order valence-corrected chi connectivity index (χ1v) is 6.61. The fraction of sp³-hybridized carbons (Fsp3) is 0.357. The van der Waals surface area contributed by atoms with Crippen molar-refractivity contribution >= 4 is 5.97 Å². The normalized spacial score (nSPS) is 10.5. The standard InChI is InChI=1S/C14H17N3O4/c1-10-16-13(21-17-10)6-7-15-8-9-20-12-4-2-11(3-5-12)14(18)19/h2-5,15H,6-9H2,1H3,(H,18,19). The Morgan fingerprint density at radius 2 is 2.10 bits per heavy atom. The summed E-state index contributed by atoms with van der Waals surface area (Å²) >= 11 is 0. The summed E-state index contributed by atoms with van der Waals surface area (Å²) in [7, 11) is 0. The van der Waals surface area contributed by atoms with Crippen LogP contribution in [0, 0.1) is 6.92 Å². The van der Waals surface area contributed by atoms with Crippen LogP contribution in [0.1, 0.15) is 22.1 Å². The number of ether oxygens (including phenoxy) is 1. The maximum Gasteiger partial charge on any atom is 0.335 e. The molecule has 0 aliphatic rings. The summed E-state index contributed by atoms with van der Waals surface area (Å²) in [6.07, 6.45) is 0.675. The molecule has 0 aliphatic heterocycles. The first-order chi connectivity index (χ1) is 10.1. The van der Waals surface area contributed by atoms with Crippen molar-refractivity contribution in [3.8, 4) is 5.75 Å². The van der Waals surface area contributed by atoms with E-state index in [-0.39, 0.29) is 5.56 Å². The number of carboxylic acids is 1. The van der Waals surface area contributed by atoms with Crippen molar-refractivity contribution in [1.29, 1.82) is 0 Å². The maximum atomic E-state index is 10.7. The van der Waals surface area contributed by atoms with Gasteiger partial charge in [-0.3, -0.25) is 0 Å². The molecule has 0 spiro atoms. The highest BCUT2D eigenvalue weighted by Gasteiger charge is 2.03. The van der Waals surface area contributed by atoms with E-state index < -0.39 is 5.97 Å². The molecule has 0 saturated heterocycles. The second-order valence-corrected chi connectivity index (χ2v) is 4.41. The topological polar surface area (TPSA) is 97.5 Å². The first-order valence-electron chi connectivity index (χ1n) is 6.61. The Bertz CT molecular complexity index is 580. The minimum Gasteiger partial charge on any atom is -0.492 e. The van der Waals surface area contributed by atoms with Gasteiger partial charge < -0.3 is 19.7 Å². The summed E-state index contributed by atoms with van der Waals surface area (Å²) in [4.78, 5) is 14.8. The van der Waals surface area contributed by atoms with Crippen molar-refractivity contribution in [1.82, 2.24) is 15.5 Å². The average Bonchev–Trinajstić information content (AvgIpc) is 2.89. The second-order valence-electron chi connectivity index (χ2n) is 4.41. The lowest BCUT2D eigenvalue weighted by molar-refractivity contribution is 0.0697. The molecule has 7 nitrogen and oxygen atoms in total. The Morgan fingerprint density at radius 1 is 1.33 bits per heavy atom. The SMILES string of the molecule is Cc1noc(CCNCCOc2ccc(C(=O)O)cc2)n1. The summed E-state index contributed by atoms with van der Waals surface area (Å²) in [5.41, 5.74) is 0.246. The van der Waals surface area contributed by atoms with Crippen LogP contribution in [0.2, 0.25) is 0 Å². The molecule has 0 unspecified atom stereocenters. The predicted molar refractivity (Wildman–Crippen MR) is 74.5 cm³/mol. The van der Waals surface area contributed by atoms with Gasteiger partial charge in [-0.05, 0) is 31.2 Å². The molecule has 0 radical (unpaired) electrons. The molecule has 1 aromatic carbocycles. The zero-order valence-electron chi connectivity index (χ0n) is 11.7. The number of aryl methyl sites for hydroxylation is 1. The number of aromatic nitrogens is 2. The number of nitrogens with zero attached hydrogens (tertiary/aromatic N) is 2. The number of carbonyl (C=O) groups is 1. The zero-order chi connectivity index (χ0) is 15.1. The molecule has 0 atom stereocenters. The highest BCUT2D eigenvalue weighted by Crippen LogP contribution is 2.11. The molecule has 0 aliphatic carbocycles. The van der Waals surface area contributed by atoms with Crippen LogP contribution in [-0.4, -0.2) is 40.9 Å². The molecule has 1 aromatic heterocycles.